The van der Waals surface area contributed by atoms with E-state index in [0.717, 1.165) is 11.3 Å². The fraction of sp³-hybridized carbons (Fsp3) is 0.200. The molecule has 3 rings (SSSR count). The van der Waals surface area contributed by atoms with Crippen LogP contribution in [0, 0.1) is 10.1 Å². The van der Waals surface area contributed by atoms with E-state index in [-0.39, 0.29) is 10.7 Å². The summed E-state index contributed by atoms with van der Waals surface area (Å²) in [5.41, 5.74) is 1.47. The first kappa shape index (κ1) is 13.7. The van der Waals surface area contributed by atoms with Crippen LogP contribution < -0.4 is 9.64 Å². The van der Waals surface area contributed by atoms with Gasteiger partial charge in [0.05, 0.1) is 11.5 Å². The van der Waals surface area contributed by atoms with Crippen LogP contribution >= 0.6 is 11.6 Å². The summed E-state index contributed by atoms with van der Waals surface area (Å²) in [7, 11) is 0. The molecule has 0 unspecified atom stereocenters. The van der Waals surface area contributed by atoms with E-state index in [9.17, 15) is 10.1 Å². The first-order valence-electron chi connectivity index (χ1n) is 6.55. The van der Waals surface area contributed by atoms with Gasteiger partial charge < -0.3 is 9.64 Å². The van der Waals surface area contributed by atoms with Crippen LogP contribution in [0.4, 0.5) is 11.4 Å². The average Bonchev–Trinajstić information content (AvgIpc) is 2.68. The Morgan fingerprint density at radius 3 is 2.81 bits per heavy atom. The van der Waals surface area contributed by atoms with E-state index in [0.29, 0.717) is 25.4 Å². The summed E-state index contributed by atoms with van der Waals surface area (Å²) in [5, 5.41) is 11.4. The van der Waals surface area contributed by atoms with Gasteiger partial charge >= 0.3 is 5.69 Å². The van der Waals surface area contributed by atoms with E-state index in [1.807, 2.05) is 29.2 Å². The van der Waals surface area contributed by atoms with Crippen molar-refractivity contribution in [3.8, 4) is 5.75 Å². The van der Waals surface area contributed by atoms with Gasteiger partial charge in [-0.15, -0.1) is 0 Å². The molecule has 0 saturated carbocycles. The Labute approximate surface area is 126 Å². The third-order valence-electron chi connectivity index (χ3n) is 3.44. The summed E-state index contributed by atoms with van der Waals surface area (Å²) in [5.74, 6) is 0.824. The molecule has 0 amide bonds. The second kappa shape index (κ2) is 5.61. The minimum Gasteiger partial charge on any atom is -0.491 e. The highest BCUT2D eigenvalue weighted by Crippen LogP contribution is 2.37. The van der Waals surface area contributed by atoms with Crippen LogP contribution in [-0.4, -0.2) is 18.1 Å². The lowest BCUT2D eigenvalue weighted by Crippen LogP contribution is -2.26. The van der Waals surface area contributed by atoms with Gasteiger partial charge in [0.1, 0.15) is 23.1 Å². The number of fused-ring (bicyclic) bond motifs is 1. The fourth-order valence-electron chi connectivity index (χ4n) is 2.47. The molecule has 1 heterocycles. The Morgan fingerprint density at radius 2 is 2.00 bits per heavy atom. The average molecular weight is 305 g/mol. The monoisotopic (exact) mass is 304 g/mol. The van der Waals surface area contributed by atoms with E-state index in [1.165, 1.54) is 6.07 Å². The molecular weight excluding hydrogens is 292 g/mol. The molecule has 108 valence electrons. The fourth-order valence-corrected chi connectivity index (χ4v) is 2.71. The van der Waals surface area contributed by atoms with Gasteiger partial charge in [0, 0.05) is 12.1 Å². The zero-order valence-corrected chi connectivity index (χ0v) is 11.9. The van der Waals surface area contributed by atoms with Gasteiger partial charge in [0.25, 0.3) is 0 Å². The maximum absolute atomic E-state index is 11.3. The normalized spacial score (nSPS) is 14.0. The van der Waals surface area contributed by atoms with Crippen LogP contribution in [0.3, 0.4) is 0 Å². The largest absolute Gasteiger partial charge is 0.491 e. The van der Waals surface area contributed by atoms with Crippen molar-refractivity contribution in [1.82, 2.24) is 0 Å². The quantitative estimate of drug-likeness (QED) is 0.628. The second-order valence-corrected chi connectivity index (χ2v) is 5.15. The SMILES string of the molecule is O=[N+]([O-])c1c(Cl)cccc1N1CCOc2ccccc2C1. The number of nitro groups is 1. The Morgan fingerprint density at radius 1 is 1.19 bits per heavy atom. The molecule has 6 heteroatoms. The molecule has 0 radical (unpaired) electrons. The van der Waals surface area contributed by atoms with E-state index in [4.69, 9.17) is 16.3 Å². The summed E-state index contributed by atoms with van der Waals surface area (Å²) < 4.78 is 5.69. The molecule has 0 aliphatic carbocycles. The zero-order chi connectivity index (χ0) is 14.8. The van der Waals surface area contributed by atoms with Crippen molar-refractivity contribution in [3.05, 3.63) is 63.2 Å². The van der Waals surface area contributed by atoms with Gasteiger partial charge in [-0.1, -0.05) is 35.9 Å². The Hall–Kier alpha value is -2.27. The summed E-state index contributed by atoms with van der Waals surface area (Å²) in [6, 6.07) is 12.7. The second-order valence-electron chi connectivity index (χ2n) is 4.74. The van der Waals surface area contributed by atoms with E-state index >= 15 is 0 Å². The molecule has 0 fully saturated rings. The van der Waals surface area contributed by atoms with Crippen LogP contribution in [0.5, 0.6) is 5.75 Å². The topological polar surface area (TPSA) is 55.6 Å². The highest BCUT2D eigenvalue weighted by atomic mass is 35.5. The number of nitrogens with zero attached hydrogens (tertiary/aromatic N) is 2. The lowest BCUT2D eigenvalue weighted by atomic mass is 10.1. The van der Waals surface area contributed by atoms with Crippen molar-refractivity contribution in [2.75, 3.05) is 18.1 Å². The summed E-state index contributed by atoms with van der Waals surface area (Å²) in [6.45, 7) is 1.59. The number of hydrogen-bond acceptors (Lipinski definition) is 4. The molecule has 21 heavy (non-hydrogen) atoms. The smallest absolute Gasteiger partial charge is 0.310 e. The highest BCUT2D eigenvalue weighted by Gasteiger charge is 2.25. The number of rotatable bonds is 2. The Balaban J connectivity index is 2.02. The Bertz CT molecular complexity index is 690. The molecule has 1 aliphatic heterocycles. The third kappa shape index (κ3) is 2.64. The summed E-state index contributed by atoms with van der Waals surface area (Å²) in [6.07, 6.45) is 0. The lowest BCUT2D eigenvalue weighted by molar-refractivity contribution is -0.384. The molecule has 2 aromatic carbocycles. The van der Waals surface area contributed by atoms with Gasteiger partial charge in [-0.05, 0) is 18.2 Å². The zero-order valence-electron chi connectivity index (χ0n) is 11.2. The maximum atomic E-state index is 11.3. The van der Waals surface area contributed by atoms with Gasteiger partial charge in [0.2, 0.25) is 0 Å². The standard InChI is InChI=1S/C15H13ClN2O3/c16-12-5-3-6-13(15(12)18(19)20)17-8-9-21-14-7-2-1-4-11(14)10-17/h1-7H,8-10H2. The first-order chi connectivity index (χ1) is 10.2. The molecule has 5 nitrogen and oxygen atoms in total. The van der Waals surface area contributed by atoms with Crippen LogP contribution in [0.25, 0.3) is 0 Å². The molecule has 0 N–H and O–H groups in total. The number of hydrogen-bond donors (Lipinski definition) is 0. The number of ether oxygens (including phenoxy) is 1. The minimum atomic E-state index is -0.435. The van der Waals surface area contributed by atoms with Gasteiger partial charge in [-0.25, -0.2) is 0 Å². The number of benzene rings is 2. The van der Waals surface area contributed by atoms with Gasteiger partial charge in [-0.2, -0.15) is 0 Å². The molecule has 0 atom stereocenters. The molecule has 0 spiro atoms. The van der Waals surface area contributed by atoms with E-state index < -0.39 is 4.92 Å². The predicted molar refractivity (Wildman–Crippen MR) is 81.1 cm³/mol. The lowest BCUT2D eigenvalue weighted by Gasteiger charge is -2.22. The van der Waals surface area contributed by atoms with Crippen molar-refractivity contribution in [3.63, 3.8) is 0 Å². The van der Waals surface area contributed by atoms with Crippen molar-refractivity contribution < 1.29 is 9.66 Å². The van der Waals surface area contributed by atoms with Crippen LogP contribution in [0.15, 0.2) is 42.5 Å². The van der Waals surface area contributed by atoms with E-state index in [1.54, 1.807) is 12.1 Å². The first-order valence-corrected chi connectivity index (χ1v) is 6.93. The van der Waals surface area contributed by atoms with Crippen molar-refractivity contribution in [1.29, 1.82) is 0 Å². The number of anilines is 1. The van der Waals surface area contributed by atoms with Crippen molar-refractivity contribution in [2.24, 2.45) is 0 Å². The number of halogens is 1. The Kier molecular flexibility index (Phi) is 3.66. The molecule has 0 bridgehead atoms. The predicted octanol–water partition coefficient (Wildman–Crippen LogP) is 3.65. The van der Waals surface area contributed by atoms with Crippen LogP contribution in [0.2, 0.25) is 5.02 Å². The highest BCUT2D eigenvalue weighted by molar-refractivity contribution is 6.33. The number of nitro benzene ring substituents is 1. The van der Waals surface area contributed by atoms with Gasteiger partial charge in [-0.3, -0.25) is 10.1 Å². The number of para-hydroxylation sites is 2. The molecular formula is C15H13ClN2O3. The summed E-state index contributed by atoms with van der Waals surface area (Å²) in [4.78, 5) is 12.8. The minimum absolute atomic E-state index is 0.0569. The van der Waals surface area contributed by atoms with Crippen LogP contribution in [-0.2, 0) is 6.54 Å². The van der Waals surface area contributed by atoms with Crippen molar-refractivity contribution in [2.45, 2.75) is 6.54 Å². The van der Waals surface area contributed by atoms with Gasteiger partial charge in [0.15, 0.2) is 0 Å². The molecule has 0 aromatic heterocycles. The van der Waals surface area contributed by atoms with Crippen molar-refractivity contribution >= 4 is 23.0 Å². The third-order valence-corrected chi connectivity index (χ3v) is 3.75. The molecule has 1 aliphatic rings. The summed E-state index contributed by atoms with van der Waals surface area (Å²) >= 11 is 5.99. The molecule has 2 aromatic rings. The molecule has 0 saturated heterocycles. The van der Waals surface area contributed by atoms with Crippen LogP contribution in [0.1, 0.15) is 5.56 Å². The van der Waals surface area contributed by atoms with E-state index in [2.05, 4.69) is 0 Å². The maximum Gasteiger partial charge on any atom is 0.310 e.